The first-order valence-corrected chi connectivity index (χ1v) is 5.88. The van der Waals surface area contributed by atoms with Gasteiger partial charge in [-0.05, 0) is 36.6 Å². The van der Waals surface area contributed by atoms with E-state index in [1.165, 1.54) is 12.1 Å². The number of halogens is 2. The molecule has 2 nitrogen and oxygen atoms in total. The average molecular weight is 244 g/mol. The highest BCUT2D eigenvalue weighted by atomic mass is 35.5. The Morgan fingerprint density at radius 3 is 3.00 bits per heavy atom. The summed E-state index contributed by atoms with van der Waals surface area (Å²) in [6, 6.07) is 4.97. The lowest BCUT2D eigenvalue weighted by atomic mass is 10.1. The van der Waals surface area contributed by atoms with Crippen LogP contribution in [-0.4, -0.2) is 19.3 Å². The van der Waals surface area contributed by atoms with Crippen LogP contribution in [0.3, 0.4) is 0 Å². The second-order valence-electron chi connectivity index (χ2n) is 4.07. The molecule has 4 heteroatoms. The first-order chi connectivity index (χ1) is 7.74. The Kier molecular flexibility index (Phi) is 4.16. The van der Waals surface area contributed by atoms with Crippen molar-refractivity contribution in [2.45, 2.75) is 25.4 Å². The minimum absolute atomic E-state index is 0.288. The zero-order chi connectivity index (χ0) is 11.4. The van der Waals surface area contributed by atoms with Gasteiger partial charge in [-0.3, -0.25) is 0 Å². The molecule has 0 spiro atoms. The van der Waals surface area contributed by atoms with E-state index < -0.39 is 0 Å². The Bertz CT molecular complexity index is 333. The van der Waals surface area contributed by atoms with Gasteiger partial charge in [-0.2, -0.15) is 0 Å². The second kappa shape index (κ2) is 5.62. The fraction of sp³-hybridized carbons (Fsp3) is 0.500. The maximum atomic E-state index is 13.1. The van der Waals surface area contributed by atoms with E-state index in [9.17, 15) is 4.39 Å². The number of nitrogens with one attached hydrogen (secondary N) is 1. The smallest absolute Gasteiger partial charge is 0.125 e. The van der Waals surface area contributed by atoms with Gasteiger partial charge in [0.15, 0.2) is 0 Å². The maximum Gasteiger partial charge on any atom is 0.125 e. The summed E-state index contributed by atoms with van der Waals surface area (Å²) in [5.74, 6) is -0.288. The molecule has 1 unspecified atom stereocenters. The van der Waals surface area contributed by atoms with E-state index in [1.54, 1.807) is 6.07 Å². The normalized spacial score (nSPS) is 21.0. The van der Waals surface area contributed by atoms with Crippen molar-refractivity contribution in [2.75, 3.05) is 13.2 Å². The number of hydrogen-bond donors (Lipinski definition) is 1. The van der Waals surface area contributed by atoms with Crippen molar-refractivity contribution in [1.82, 2.24) is 5.32 Å². The van der Waals surface area contributed by atoms with Gasteiger partial charge in [0.05, 0.1) is 6.61 Å². The number of hydrogen-bond acceptors (Lipinski definition) is 2. The van der Waals surface area contributed by atoms with Crippen LogP contribution in [0.2, 0.25) is 5.02 Å². The van der Waals surface area contributed by atoms with E-state index in [2.05, 4.69) is 5.32 Å². The van der Waals surface area contributed by atoms with Gasteiger partial charge in [-0.15, -0.1) is 0 Å². The highest BCUT2D eigenvalue weighted by Crippen LogP contribution is 2.14. The van der Waals surface area contributed by atoms with Crippen LogP contribution in [0.25, 0.3) is 0 Å². The standard InChI is InChI=1S/C12H15ClFNO/c13-10-4-9(5-11(14)6-10)7-15-12-2-1-3-16-8-12/h4-6,12,15H,1-3,7-8H2. The van der Waals surface area contributed by atoms with Crippen LogP contribution in [-0.2, 0) is 11.3 Å². The summed E-state index contributed by atoms with van der Waals surface area (Å²) >= 11 is 5.78. The predicted molar refractivity (Wildman–Crippen MR) is 62.1 cm³/mol. The zero-order valence-electron chi connectivity index (χ0n) is 9.01. The number of ether oxygens (including phenoxy) is 1. The van der Waals surface area contributed by atoms with Crippen molar-refractivity contribution in [3.8, 4) is 0 Å². The first-order valence-electron chi connectivity index (χ1n) is 5.50. The molecule has 0 aliphatic carbocycles. The molecule has 0 aromatic heterocycles. The molecule has 2 rings (SSSR count). The molecule has 0 saturated carbocycles. The summed E-state index contributed by atoms with van der Waals surface area (Å²) in [6.45, 7) is 2.22. The lowest BCUT2D eigenvalue weighted by Crippen LogP contribution is -2.36. The predicted octanol–water partition coefficient (Wildman–Crippen LogP) is 2.75. The zero-order valence-corrected chi connectivity index (χ0v) is 9.77. The first kappa shape index (κ1) is 11.8. The number of rotatable bonds is 3. The molecule has 88 valence electrons. The molecule has 1 aromatic carbocycles. The summed E-state index contributed by atoms with van der Waals surface area (Å²) in [5.41, 5.74) is 0.871. The van der Waals surface area contributed by atoms with Crippen LogP contribution < -0.4 is 5.32 Å². The van der Waals surface area contributed by atoms with Crippen molar-refractivity contribution < 1.29 is 9.13 Å². The molecule has 1 N–H and O–H groups in total. The lowest BCUT2D eigenvalue weighted by molar-refractivity contribution is 0.0699. The molecular formula is C12H15ClFNO. The van der Waals surface area contributed by atoms with E-state index in [0.717, 1.165) is 31.6 Å². The van der Waals surface area contributed by atoms with Crippen LogP contribution in [0.4, 0.5) is 4.39 Å². The van der Waals surface area contributed by atoms with Crippen LogP contribution in [0, 0.1) is 5.82 Å². The Morgan fingerprint density at radius 1 is 1.44 bits per heavy atom. The van der Waals surface area contributed by atoms with E-state index >= 15 is 0 Å². The number of benzene rings is 1. The quantitative estimate of drug-likeness (QED) is 0.882. The van der Waals surface area contributed by atoms with Gasteiger partial charge in [0.1, 0.15) is 5.82 Å². The molecule has 1 aliphatic heterocycles. The van der Waals surface area contributed by atoms with E-state index in [-0.39, 0.29) is 5.82 Å². The Balaban J connectivity index is 1.88. The van der Waals surface area contributed by atoms with E-state index in [0.29, 0.717) is 17.6 Å². The van der Waals surface area contributed by atoms with Gasteiger partial charge in [-0.25, -0.2) is 4.39 Å². The molecule has 1 atom stereocenters. The summed E-state index contributed by atoms with van der Waals surface area (Å²) in [5, 5.41) is 3.78. The summed E-state index contributed by atoms with van der Waals surface area (Å²) in [6.07, 6.45) is 2.20. The van der Waals surface area contributed by atoms with Gasteiger partial charge in [0, 0.05) is 24.2 Å². The Morgan fingerprint density at radius 2 is 2.31 bits per heavy atom. The minimum Gasteiger partial charge on any atom is -0.380 e. The largest absolute Gasteiger partial charge is 0.380 e. The van der Waals surface area contributed by atoms with Crippen molar-refractivity contribution in [1.29, 1.82) is 0 Å². The fourth-order valence-corrected chi connectivity index (χ4v) is 2.12. The van der Waals surface area contributed by atoms with Gasteiger partial charge < -0.3 is 10.1 Å². The SMILES string of the molecule is Fc1cc(Cl)cc(CNC2CCCOC2)c1. The van der Waals surface area contributed by atoms with Crippen LogP contribution in [0.5, 0.6) is 0 Å². The van der Waals surface area contributed by atoms with Crippen LogP contribution in [0.1, 0.15) is 18.4 Å². The summed E-state index contributed by atoms with van der Waals surface area (Å²) in [4.78, 5) is 0. The Labute approximate surface area is 99.7 Å². The summed E-state index contributed by atoms with van der Waals surface area (Å²) in [7, 11) is 0. The van der Waals surface area contributed by atoms with Gasteiger partial charge >= 0.3 is 0 Å². The molecule has 1 aliphatic rings. The van der Waals surface area contributed by atoms with Gasteiger partial charge in [0.2, 0.25) is 0 Å². The van der Waals surface area contributed by atoms with Crippen molar-refractivity contribution in [3.63, 3.8) is 0 Å². The van der Waals surface area contributed by atoms with Crippen LogP contribution in [0.15, 0.2) is 18.2 Å². The molecule has 0 radical (unpaired) electrons. The third-order valence-corrected chi connectivity index (χ3v) is 2.90. The van der Waals surface area contributed by atoms with Crippen molar-refractivity contribution in [2.24, 2.45) is 0 Å². The van der Waals surface area contributed by atoms with Crippen molar-refractivity contribution in [3.05, 3.63) is 34.6 Å². The van der Waals surface area contributed by atoms with Gasteiger partial charge in [-0.1, -0.05) is 11.6 Å². The second-order valence-corrected chi connectivity index (χ2v) is 4.51. The molecule has 1 fully saturated rings. The monoisotopic (exact) mass is 243 g/mol. The maximum absolute atomic E-state index is 13.1. The summed E-state index contributed by atoms with van der Waals surface area (Å²) < 4.78 is 18.4. The molecule has 0 bridgehead atoms. The fourth-order valence-electron chi connectivity index (χ4n) is 1.88. The molecule has 0 amide bonds. The molecule has 1 aromatic rings. The average Bonchev–Trinajstić information content (AvgIpc) is 2.27. The molecule has 1 saturated heterocycles. The highest BCUT2D eigenvalue weighted by Gasteiger charge is 2.12. The van der Waals surface area contributed by atoms with Crippen LogP contribution >= 0.6 is 11.6 Å². The highest BCUT2D eigenvalue weighted by molar-refractivity contribution is 6.30. The minimum atomic E-state index is -0.288. The third-order valence-electron chi connectivity index (χ3n) is 2.68. The molecule has 16 heavy (non-hydrogen) atoms. The molecule has 1 heterocycles. The van der Waals surface area contributed by atoms with Crippen molar-refractivity contribution >= 4 is 11.6 Å². The van der Waals surface area contributed by atoms with E-state index in [4.69, 9.17) is 16.3 Å². The Hall–Kier alpha value is -0.640. The molecular weight excluding hydrogens is 229 g/mol. The van der Waals surface area contributed by atoms with Gasteiger partial charge in [0.25, 0.3) is 0 Å². The van der Waals surface area contributed by atoms with E-state index in [1.807, 2.05) is 0 Å². The topological polar surface area (TPSA) is 21.3 Å². The lowest BCUT2D eigenvalue weighted by Gasteiger charge is -2.23. The third kappa shape index (κ3) is 3.44.